The number of amides is 1. The van der Waals surface area contributed by atoms with Gasteiger partial charge in [-0.1, -0.05) is 30.3 Å². The number of rotatable bonds is 5. The second-order valence-corrected chi connectivity index (χ2v) is 9.53. The Morgan fingerprint density at radius 2 is 1.94 bits per heavy atom. The molecule has 0 N–H and O–H groups in total. The number of hydrogen-bond donors (Lipinski definition) is 0. The molecule has 0 fully saturated rings. The number of aryl methyl sites for hydroxylation is 3. The third-order valence-corrected chi connectivity index (χ3v) is 7.34. The summed E-state index contributed by atoms with van der Waals surface area (Å²) in [5.41, 5.74) is 6.54. The highest BCUT2D eigenvalue weighted by molar-refractivity contribution is 7.17. The molecular formula is C27H27N3O2S. The van der Waals surface area contributed by atoms with Gasteiger partial charge in [-0.05, 0) is 73.9 Å². The van der Waals surface area contributed by atoms with E-state index < -0.39 is 0 Å². The first-order chi connectivity index (χ1) is 16.0. The zero-order valence-electron chi connectivity index (χ0n) is 19.0. The molecule has 0 radical (unpaired) electrons. The van der Waals surface area contributed by atoms with Crippen LogP contribution < -0.4 is 10.5 Å². The molecule has 2 aromatic heterocycles. The third kappa shape index (κ3) is 4.11. The minimum absolute atomic E-state index is 0.0387. The first-order valence-corrected chi connectivity index (χ1v) is 12.4. The van der Waals surface area contributed by atoms with E-state index in [1.54, 1.807) is 4.90 Å². The summed E-state index contributed by atoms with van der Waals surface area (Å²) in [6.45, 7) is 4.44. The van der Waals surface area contributed by atoms with E-state index in [4.69, 9.17) is 0 Å². The van der Waals surface area contributed by atoms with Gasteiger partial charge in [-0.15, -0.1) is 11.3 Å². The Kier molecular flexibility index (Phi) is 5.85. The van der Waals surface area contributed by atoms with Crippen LogP contribution in [-0.4, -0.2) is 22.0 Å². The topological polar surface area (TPSA) is 55.2 Å². The molecule has 0 spiro atoms. The minimum atomic E-state index is -0.164. The van der Waals surface area contributed by atoms with Crippen LogP contribution in [0.1, 0.15) is 36.5 Å². The lowest BCUT2D eigenvalue weighted by atomic mass is 9.89. The average Bonchev–Trinajstić information content (AvgIpc) is 3.26. The van der Waals surface area contributed by atoms with E-state index >= 15 is 0 Å². The molecule has 5 rings (SSSR count). The molecule has 0 aliphatic heterocycles. The van der Waals surface area contributed by atoms with Crippen molar-refractivity contribution >= 4 is 33.1 Å². The summed E-state index contributed by atoms with van der Waals surface area (Å²) in [7, 11) is 0. The molecule has 0 atom stereocenters. The van der Waals surface area contributed by atoms with Gasteiger partial charge in [-0.2, -0.15) is 0 Å². The van der Waals surface area contributed by atoms with Gasteiger partial charge in [-0.3, -0.25) is 14.2 Å². The predicted octanol–water partition coefficient (Wildman–Crippen LogP) is 5.37. The summed E-state index contributed by atoms with van der Waals surface area (Å²) >= 11 is 1.48. The van der Waals surface area contributed by atoms with Gasteiger partial charge in [0.1, 0.15) is 11.4 Å². The Hall–Kier alpha value is -3.25. The van der Waals surface area contributed by atoms with Crippen LogP contribution in [0.15, 0.2) is 59.0 Å². The van der Waals surface area contributed by atoms with Crippen LogP contribution in [-0.2, 0) is 24.2 Å². The number of likely N-dealkylation sites (N-methyl/N-ethyl adjacent to an activating group) is 1. The Bertz CT molecular complexity index is 1400. The van der Waals surface area contributed by atoms with E-state index in [0.717, 1.165) is 35.2 Å². The zero-order chi connectivity index (χ0) is 22.9. The van der Waals surface area contributed by atoms with Gasteiger partial charge in [0.2, 0.25) is 5.91 Å². The number of nitrogens with zero attached hydrogens (tertiary/aromatic N) is 3. The summed E-state index contributed by atoms with van der Waals surface area (Å²) < 4.78 is 1.44. The molecule has 0 bridgehead atoms. The molecule has 0 saturated carbocycles. The van der Waals surface area contributed by atoms with Crippen molar-refractivity contribution in [3.05, 3.63) is 81.2 Å². The fourth-order valence-electron chi connectivity index (χ4n) is 4.72. The highest BCUT2D eigenvalue weighted by Gasteiger charge is 2.19. The summed E-state index contributed by atoms with van der Waals surface area (Å²) in [5, 5.41) is 2.62. The monoisotopic (exact) mass is 457 g/mol. The number of benzene rings is 2. The highest BCUT2D eigenvalue weighted by atomic mass is 32.1. The summed E-state index contributed by atoms with van der Waals surface area (Å²) in [4.78, 5) is 33.5. The van der Waals surface area contributed by atoms with Crippen LogP contribution in [0.5, 0.6) is 0 Å². The van der Waals surface area contributed by atoms with Crippen LogP contribution in [0.4, 0.5) is 5.69 Å². The normalized spacial score (nSPS) is 13.2. The Balaban J connectivity index is 1.50. The maximum absolute atomic E-state index is 13.5. The lowest BCUT2D eigenvalue weighted by Crippen LogP contribution is -2.36. The molecule has 0 saturated heterocycles. The molecule has 2 heterocycles. The van der Waals surface area contributed by atoms with E-state index in [1.807, 2.05) is 43.5 Å². The SMILES string of the molecule is CCN(C(=O)Cn1cnc2scc(-c3ccc4c(c3)CCCC4)c2c1=O)c1cccc(C)c1. The molecule has 0 unspecified atom stereocenters. The lowest BCUT2D eigenvalue weighted by molar-refractivity contribution is -0.119. The molecule has 4 aromatic rings. The number of anilines is 1. The molecule has 1 amide bonds. The quantitative estimate of drug-likeness (QED) is 0.405. The van der Waals surface area contributed by atoms with Crippen molar-refractivity contribution in [2.75, 3.05) is 11.4 Å². The largest absolute Gasteiger partial charge is 0.311 e. The summed E-state index contributed by atoms with van der Waals surface area (Å²) in [6, 6.07) is 14.4. The van der Waals surface area contributed by atoms with Gasteiger partial charge in [0.25, 0.3) is 5.56 Å². The number of carbonyl (C=O) groups is 1. The summed E-state index contributed by atoms with van der Waals surface area (Å²) in [5.74, 6) is -0.128. The third-order valence-electron chi connectivity index (χ3n) is 6.46. The van der Waals surface area contributed by atoms with Crippen molar-refractivity contribution < 1.29 is 4.79 Å². The fraction of sp³-hybridized carbons (Fsp3) is 0.296. The van der Waals surface area contributed by atoms with Gasteiger partial charge in [0.05, 0.1) is 11.7 Å². The van der Waals surface area contributed by atoms with Gasteiger partial charge >= 0.3 is 0 Å². The standard InChI is InChI=1S/C27H27N3O2S/c1-3-30(22-10-6-7-18(2)13-22)24(31)15-29-17-28-26-25(27(29)32)23(16-33-26)21-12-11-19-8-4-5-9-20(19)14-21/h6-7,10-14,16-17H,3-5,8-9,15H2,1-2H3. The van der Waals surface area contributed by atoms with Gasteiger partial charge < -0.3 is 4.90 Å². The molecule has 33 heavy (non-hydrogen) atoms. The summed E-state index contributed by atoms with van der Waals surface area (Å²) in [6.07, 6.45) is 6.18. The van der Waals surface area contributed by atoms with Crippen molar-refractivity contribution in [2.24, 2.45) is 0 Å². The molecule has 6 heteroatoms. The predicted molar refractivity (Wildman–Crippen MR) is 135 cm³/mol. The van der Waals surface area contributed by atoms with Crippen molar-refractivity contribution in [3.63, 3.8) is 0 Å². The van der Waals surface area contributed by atoms with E-state index in [2.05, 4.69) is 23.2 Å². The first kappa shape index (κ1) is 21.6. The molecule has 168 valence electrons. The van der Waals surface area contributed by atoms with Crippen LogP contribution in [0, 0.1) is 6.92 Å². The number of fused-ring (bicyclic) bond motifs is 2. The fourth-order valence-corrected chi connectivity index (χ4v) is 5.63. The first-order valence-electron chi connectivity index (χ1n) is 11.5. The molecular weight excluding hydrogens is 430 g/mol. The van der Waals surface area contributed by atoms with Gasteiger partial charge in [0, 0.05) is 23.2 Å². The van der Waals surface area contributed by atoms with E-state index in [9.17, 15) is 9.59 Å². The smallest absolute Gasteiger partial charge is 0.263 e. The van der Waals surface area contributed by atoms with Gasteiger partial charge in [-0.25, -0.2) is 4.98 Å². The second-order valence-electron chi connectivity index (χ2n) is 8.67. The van der Waals surface area contributed by atoms with Crippen molar-refractivity contribution in [1.82, 2.24) is 9.55 Å². The van der Waals surface area contributed by atoms with Gasteiger partial charge in [0.15, 0.2) is 0 Å². The number of carbonyl (C=O) groups excluding carboxylic acids is 1. The second kappa shape index (κ2) is 8.94. The molecule has 1 aliphatic carbocycles. The van der Waals surface area contributed by atoms with E-state index in [1.165, 1.54) is 46.2 Å². The van der Waals surface area contributed by atoms with Crippen LogP contribution in [0.2, 0.25) is 0 Å². The maximum atomic E-state index is 13.5. The Morgan fingerprint density at radius 3 is 2.73 bits per heavy atom. The van der Waals surface area contributed by atoms with Crippen LogP contribution in [0.25, 0.3) is 21.3 Å². The number of aromatic nitrogens is 2. The molecule has 5 nitrogen and oxygen atoms in total. The lowest BCUT2D eigenvalue weighted by Gasteiger charge is -2.22. The minimum Gasteiger partial charge on any atom is -0.311 e. The van der Waals surface area contributed by atoms with E-state index in [-0.39, 0.29) is 18.0 Å². The van der Waals surface area contributed by atoms with Crippen LogP contribution >= 0.6 is 11.3 Å². The zero-order valence-corrected chi connectivity index (χ0v) is 19.8. The average molecular weight is 458 g/mol. The Morgan fingerprint density at radius 1 is 1.12 bits per heavy atom. The van der Waals surface area contributed by atoms with Crippen molar-refractivity contribution in [3.8, 4) is 11.1 Å². The Labute approximate surface area is 197 Å². The maximum Gasteiger partial charge on any atom is 0.263 e. The van der Waals surface area contributed by atoms with Crippen molar-refractivity contribution in [1.29, 1.82) is 0 Å². The van der Waals surface area contributed by atoms with Crippen LogP contribution in [0.3, 0.4) is 0 Å². The number of thiophene rings is 1. The van der Waals surface area contributed by atoms with Crippen molar-refractivity contribution in [2.45, 2.75) is 46.1 Å². The number of hydrogen-bond acceptors (Lipinski definition) is 4. The van der Waals surface area contributed by atoms with E-state index in [0.29, 0.717) is 16.8 Å². The highest BCUT2D eigenvalue weighted by Crippen LogP contribution is 2.33. The molecule has 1 aliphatic rings. The molecule has 2 aromatic carbocycles.